The van der Waals surface area contributed by atoms with Crippen LogP contribution in [0.25, 0.3) is 11.1 Å². The minimum Gasteiger partial charge on any atom is -0.465 e. The first-order valence-electron chi connectivity index (χ1n) is 7.67. The van der Waals surface area contributed by atoms with E-state index in [1.54, 1.807) is 36.5 Å². The monoisotopic (exact) mass is 332 g/mol. The Hall–Kier alpha value is -3.47. The molecule has 5 heteroatoms. The maximum Gasteiger partial charge on any atom is 0.337 e. The van der Waals surface area contributed by atoms with Crippen LogP contribution in [0.1, 0.15) is 20.7 Å². The number of hydrogen-bond acceptors (Lipinski definition) is 4. The fourth-order valence-electron chi connectivity index (χ4n) is 2.40. The molecule has 0 aliphatic heterocycles. The lowest BCUT2D eigenvalue weighted by Crippen LogP contribution is -2.13. The van der Waals surface area contributed by atoms with Crippen LogP contribution in [-0.2, 0) is 4.74 Å². The Morgan fingerprint density at radius 1 is 0.880 bits per heavy atom. The number of nitrogens with one attached hydrogen (secondary N) is 1. The molecule has 3 aromatic rings. The topological polar surface area (TPSA) is 68.3 Å². The number of anilines is 1. The van der Waals surface area contributed by atoms with E-state index < -0.39 is 5.97 Å². The van der Waals surface area contributed by atoms with Crippen molar-refractivity contribution in [3.8, 4) is 11.1 Å². The zero-order valence-electron chi connectivity index (χ0n) is 13.6. The van der Waals surface area contributed by atoms with E-state index in [1.807, 2.05) is 30.3 Å². The van der Waals surface area contributed by atoms with Gasteiger partial charge in [-0.3, -0.25) is 9.78 Å². The fraction of sp³-hybridized carbons (Fsp3) is 0.0500. The number of esters is 1. The lowest BCUT2D eigenvalue weighted by atomic mass is 10.1. The van der Waals surface area contributed by atoms with Crippen LogP contribution in [0.5, 0.6) is 0 Å². The summed E-state index contributed by atoms with van der Waals surface area (Å²) < 4.78 is 4.68. The van der Waals surface area contributed by atoms with Crippen LogP contribution in [0.4, 0.5) is 5.69 Å². The molecular formula is C20H16N2O3. The normalized spacial score (nSPS) is 10.1. The van der Waals surface area contributed by atoms with Crippen LogP contribution in [0, 0.1) is 0 Å². The van der Waals surface area contributed by atoms with Crippen molar-refractivity contribution in [2.45, 2.75) is 0 Å². The van der Waals surface area contributed by atoms with Gasteiger partial charge < -0.3 is 10.1 Å². The van der Waals surface area contributed by atoms with Crippen LogP contribution < -0.4 is 5.32 Å². The van der Waals surface area contributed by atoms with Crippen LogP contribution in [0.15, 0.2) is 73.1 Å². The molecule has 0 saturated carbocycles. The SMILES string of the molecule is COC(=O)c1cccc(NC(=O)c2cncc(-c3ccccc3)c2)c1. The first kappa shape index (κ1) is 16.4. The van der Waals surface area contributed by atoms with Gasteiger partial charge in [0.2, 0.25) is 0 Å². The van der Waals surface area contributed by atoms with E-state index in [0.29, 0.717) is 16.8 Å². The highest BCUT2D eigenvalue weighted by molar-refractivity contribution is 6.05. The molecule has 0 atom stereocenters. The number of amides is 1. The largest absolute Gasteiger partial charge is 0.465 e. The number of pyridine rings is 1. The lowest BCUT2D eigenvalue weighted by molar-refractivity contribution is 0.0600. The Kier molecular flexibility index (Phi) is 4.85. The van der Waals surface area contributed by atoms with Crippen molar-refractivity contribution in [3.63, 3.8) is 0 Å². The molecule has 124 valence electrons. The van der Waals surface area contributed by atoms with E-state index in [4.69, 9.17) is 0 Å². The second-order valence-electron chi connectivity index (χ2n) is 5.35. The summed E-state index contributed by atoms with van der Waals surface area (Å²) in [6.45, 7) is 0. The Labute approximate surface area is 145 Å². The van der Waals surface area contributed by atoms with Crippen molar-refractivity contribution in [2.24, 2.45) is 0 Å². The van der Waals surface area contributed by atoms with Gasteiger partial charge in [-0.2, -0.15) is 0 Å². The summed E-state index contributed by atoms with van der Waals surface area (Å²) in [5, 5.41) is 2.77. The Morgan fingerprint density at radius 3 is 2.44 bits per heavy atom. The molecule has 0 aliphatic carbocycles. The van der Waals surface area contributed by atoms with E-state index in [9.17, 15) is 9.59 Å². The molecule has 2 aromatic carbocycles. The van der Waals surface area contributed by atoms with E-state index in [-0.39, 0.29) is 5.91 Å². The number of ether oxygens (including phenoxy) is 1. The Morgan fingerprint density at radius 2 is 1.68 bits per heavy atom. The molecule has 0 aliphatic rings. The van der Waals surface area contributed by atoms with Crippen molar-refractivity contribution in [1.82, 2.24) is 4.98 Å². The van der Waals surface area contributed by atoms with Crippen LogP contribution >= 0.6 is 0 Å². The standard InChI is InChI=1S/C20H16N2O3/c1-25-20(24)15-8-5-9-18(11-15)22-19(23)17-10-16(12-21-13-17)14-6-3-2-4-7-14/h2-13H,1H3,(H,22,23). The van der Waals surface area contributed by atoms with Crippen LogP contribution in [-0.4, -0.2) is 24.0 Å². The quantitative estimate of drug-likeness (QED) is 0.738. The number of carbonyl (C=O) groups is 2. The third-order valence-electron chi connectivity index (χ3n) is 3.65. The van der Waals surface area contributed by atoms with Gasteiger partial charge in [-0.05, 0) is 29.8 Å². The second kappa shape index (κ2) is 7.40. The Balaban J connectivity index is 1.81. The molecule has 0 unspecified atom stereocenters. The molecule has 3 rings (SSSR count). The lowest BCUT2D eigenvalue weighted by Gasteiger charge is -2.08. The van der Waals surface area contributed by atoms with Gasteiger partial charge in [-0.1, -0.05) is 36.4 Å². The van der Waals surface area contributed by atoms with Crippen molar-refractivity contribution >= 4 is 17.6 Å². The number of methoxy groups -OCH3 is 1. The van der Waals surface area contributed by atoms with E-state index >= 15 is 0 Å². The number of aromatic nitrogens is 1. The number of hydrogen-bond donors (Lipinski definition) is 1. The van der Waals surface area contributed by atoms with Gasteiger partial charge in [0.1, 0.15) is 0 Å². The second-order valence-corrected chi connectivity index (χ2v) is 5.35. The van der Waals surface area contributed by atoms with Crippen molar-refractivity contribution in [1.29, 1.82) is 0 Å². The van der Waals surface area contributed by atoms with Gasteiger partial charge >= 0.3 is 5.97 Å². The van der Waals surface area contributed by atoms with Crippen molar-refractivity contribution in [2.75, 3.05) is 12.4 Å². The molecule has 0 saturated heterocycles. The smallest absolute Gasteiger partial charge is 0.337 e. The number of nitrogens with zero attached hydrogens (tertiary/aromatic N) is 1. The maximum absolute atomic E-state index is 12.5. The molecule has 5 nitrogen and oxygen atoms in total. The van der Waals surface area contributed by atoms with Gasteiger partial charge in [0.05, 0.1) is 18.2 Å². The van der Waals surface area contributed by atoms with Gasteiger partial charge in [-0.25, -0.2) is 4.79 Å². The average molecular weight is 332 g/mol. The summed E-state index contributed by atoms with van der Waals surface area (Å²) in [6.07, 6.45) is 3.22. The number of carbonyl (C=O) groups excluding carboxylic acids is 2. The molecule has 1 N–H and O–H groups in total. The molecule has 1 amide bonds. The average Bonchev–Trinajstić information content (AvgIpc) is 2.68. The van der Waals surface area contributed by atoms with Crippen molar-refractivity contribution < 1.29 is 14.3 Å². The summed E-state index contributed by atoms with van der Waals surface area (Å²) in [7, 11) is 1.31. The third kappa shape index (κ3) is 3.90. The molecule has 0 spiro atoms. The molecule has 1 aromatic heterocycles. The third-order valence-corrected chi connectivity index (χ3v) is 3.65. The minimum absolute atomic E-state index is 0.299. The van der Waals surface area contributed by atoms with Crippen LogP contribution in [0.2, 0.25) is 0 Å². The highest BCUT2D eigenvalue weighted by Gasteiger charge is 2.10. The molecule has 0 fully saturated rings. The number of benzene rings is 2. The van der Waals surface area contributed by atoms with Gasteiger partial charge in [0.15, 0.2) is 0 Å². The first-order chi connectivity index (χ1) is 12.2. The minimum atomic E-state index is -0.455. The van der Waals surface area contributed by atoms with Gasteiger partial charge in [-0.15, -0.1) is 0 Å². The number of rotatable bonds is 4. The zero-order chi connectivity index (χ0) is 17.6. The summed E-state index contributed by atoms with van der Waals surface area (Å²) in [6, 6.07) is 18.1. The first-order valence-corrected chi connectivity index (χ1v) is 7.67. The summed E-state index contributed by atoms with van der Waals surface area (Å²) in [5.41, 5.74) is 3.16. The zero-order valence-corrected chi connectivity index (χ0v) is 13.6. The molecule has 0 radical (unpaired) electrons. The van der Waals surface area contributed by atoms with Gasteiger partial charge in [0.25, 0.3) is 5.91 Å². The van der Waals surface area contributed by atoms with Gasteiger partial charge in [0, 0.05) is 23.6 Å². The maximum atomic E-state index is 12.5. The van der Waals surface area contributed by atoms with E-state index in [0.717, 1.165) is 11.1 Å². The molecule has 0 bridgehead atoms. The summed E-state index contributed by atoms with van der Waals surface area (Å²) in [5.74, 6) is -0.754. The molecule has 25 heavy (non-hydrogen) atoms. The van der Waals surface area contributed by atoms with Crippen molar-refractivity contribution in [3.05, 3.63) is 84.2 Å². The highest BCUT2D eigenvalue weighted by atomic mass is 16.5. The predicted molar refractivity (Wildman–Crippen MR) is 95.4 cm³/mol. The predicted octanol–water partition coefficient (Wildman–Crippen LogP) is 3.79. The Bertz CT molecular complexity index is 908. The fourth-order valence-corrected chi connectivity index (χ4v) is 2.40. The molecule has 1 heterocycles. The highest BCUT2D eigenvalue weighted by Crippen LogP contribution is 2.20. The van der Waals surface area contributed by atoms with Crippen LogP contribution in [0.3, 0.4) is 0 Å². The summed E-state index contributed by atoms with van der Waals surface area (Å²) >= 11 is 0. The van der Waals surface area contributed by atoms with E-state index in [2.05, 4.69) is 15.0 Å². The molecular weight excluding hydrogens is 316 g/mol. The summed E-state index contributed by atoms with van der Waals surface area (Å²) in [4.78, 5) is 28.2. The van der Waals surface area contributed by atoms with E-state index in [1.165, 1.54) is 13.3 Å².